The number of rotatable bonds is 2. The van der Waals surface area contributed by atoms with Crippen LogP contribution in [0.25, 0.3) is 0 Å². The van der Waals surface area contributed by atoms with E-state index in [1.807, 2.05) is 0 Å². The van der Waals surface area contributed by atoms with E-state index in [0.717, 1.165) is 49.5 Å². The second-order valence-corrected chi connectivity index (χ2v) is 8.01. The van der Waals surface area contributed by atoms with Gasteiger partial charge in [0.15, 0.2) is 0 Å². The first-order valence-electron chi connectivity index (χ1n) is 9.04. The summed E-state index contributed by atoms with van der Waals surface area (Å²) < 4.78 is 5.63. The molecule has 9 unspecified atom stereocenters. The Morgan fingerprint density at radius 2 is 1.90 bits per heavy atom. The van der Waals surface area contributed by atoms with Crippen LogP contribution in [0.1, 0.15) is 32.1 Å². The van der Waals surface area contributed by atoms with Crippen molar-refractivity contribution < 1.29 is 4.74 Å². The van der Waals surface area contributed by atoms with E-state index in [0.29, 0.717) is 6.04 Å². The molecule has 5 heterocycles. The summed E-state index contributed by atoms with van der Waals surface area (Å²) >= 11 is 0. The second-order valence-electron chi connectivity index (χ2n) is 8.01. The van der Waals surface area contributed by atoms with Crippen LogP contribution in [0.5, 0.6) is 0 Å². The molecule has 1 aliphatic carbocycles. The lowest BCUT2D eigenvalue weighted by atomic mass is 9.95. The lowest BCUT2D eigenvalue weighted by Gasteiger charge is -2.27. The maximum Gasteiger partial charge on any atom is 0.0654 e. The molecule has 21 heavy (non-hydrogen) atoms. The topological polar surface area (TPSA) is 40.4 Å². The highest BCUT2D eigenvalue weighted by atomic mass is 16.5. The third-order valence-electron chi connectivity index (χ3n) is 6.97. The molecule has 1 saturated carbocycles. The lowest BCUT2D eigenvalue weighted by molar-refractivity contribution is 0.0455. The zero-order valence-electron chi connectivity index (χ0n) is 12.7. The van der Waals surface area contributed by atoms with Crippen LogP contribution < -0.4 is 5.32 Å². The van der Waals surface area contributed by atoms with Gasteiger partial charge >= 0.3 is 0 Å². The van der Waals surface area contributed by atoms with Crippen LogP contribution in [0.3, 0.4) is 0 Å². The van der Waals surface area contributed by atoms with Crippen molar-refractivity contribution in [3.8, 4) is 0 Å². The quantitative estimate of drug-likeness (QED) is 0.727. The minimum absolute atomic E-state index is 0.716. The van der Waals surface area contributed by atoms with Gasteiger partial charge in [0.25, 0.3) is 0 Å². The summed E-state index contributed by atoms with van der Waals surface area (Å²) in [5.41, 5.74) is 0. The van der Waals surface area contributed by atoms with Crippen molar-refractivity contribution >= 4 is 0 Å². The Labute approximate surface area is 126 Å². The Balaban J connectivity index is 1.11. The van der Waals surface area contributed by atoms with Crippen LogP contribution in [0.2, 0.25) is 0 Å². The summed E-state index contributed by atoms with van der Waals surface area (Å²) in [6.07, 6.45) is 6.91. The number of nitrogens with one attached hydrogen (secondary N) is 1. The smallest absolute Gasteiger partial charge is 0.0654 e. The van der Waals surface area contributed by atoms with E-state index >= 15 is 0 Å². The molecule has 0 aromatic rings. The molecule has 0 amide bonds. The van der Waals surface area contributed by atoms with E-state index in [1.54, 1.807) is 0 Å². The number of ether oxygens (including phenoxy) is 1. The number of nitrogens with zero attached hydrogens (tertiary/aromatic N) is 3. The molecule has 116 valence electrons. The standard InChI is InChI=1S/C16H26N4O/c1-2-11-12(17-11)7-10(1)19-13-3-5-18(8-15(13)19)20-14-4-6-21-9-16(14)20/h10-17H,1-9H2. The van der Waals surface area contributed by atoms with E-state index in [-0.39, 0.29) is 0 Å². The first-order chi connectivity index (χ1) is 10.4. The van der Waals surface area contributed by atoms with Crippen molar-refractivity contribution in [1.29, 1.82) is 0 Å². The fourth-order valence-electron chi connectivity index (χ4n) is 5.70. The third-order valence-corrected chi connectivity index (χ3v) is 6.97. The molecule has 5 nitrogen and oxygen atoms in total. The molecule has 0 aromatic heterocycles. The molecule has 0 bridgehead atoms. The number of hydrogen-bond donors (Lipinski definition) is 1. The summed E-state index contributed by atoms with van der Waals surface area (Å²) in [6, 6.07) is 5.95. The third kappa shape index (κ3) is 1.81. The summed E-state index contributed by atoms with van der Waals surface area (Å²) in [5.74, 6) is 0. The van der Waals surface area contributed by atoms with Crippen LogP contribution in [-0.2, 0) is 4.74 Å². The summed E-state index contributed by atoms with van der Waals surface area (Å²) in [5, 5.41) is 8.96. The summed E-state index contributed by atoms with van der Waals surface area (Å²) in [4.78, 5) is 2.87. The molecule has 5 heteroatoms. The molecular weight excluding hydrogens is 264 g/mol. The number of piperidine rings is 1. The number of fused-ring (bicyclic) bond motifs is 3. The zero-order valence-corrected chi connectivity index (χ0v) is 12.7. The SMILES string of the molecule is C1CC2C(CO1)N2N1CCC2C(C1)N2C1CCC2NC2C1. The maximum atomic E-state index is 5.63. The Morgan fingerprint density at radius 3 is 2.76 bits per heavy atom. The minimum Gasteiger partial charge on any atom is -0.380 e. The predicted molar refractivity (Wildman–Crippen MR) is 78.8 cm³/mol. The number of hydrogen-bond acceptors (Lipinski definition) is 5. The first kappa shape index (κ1) is 12.3. The van der Waals surface area contributed by atoms with E-state index in [2.05, 4.69) is 20.2 Å². The molecule has 0 radical (unpaired) electrons. The predicted octanol–water partition coefficient (Wildman–Crippen LogP) is 0.0259. The van der Waals surface area contributed by atoms with Crippen molar-refractivity contribution in [3.63, 3.8) is 0 Å². The van der Waals surface area contributed by atoms with Crippen molar-refractivity contribution in [2.75, 3.05) is 26.3 Å². The summed E-state index contributed by atoms with van der Waals surface area (Å²) in [6.45, 7) is 4.51. The molecule has 5 aliphatic heterocycles. The van der Waals surface area contributed by atoms with Gasteiger partial charge in [-0.05, 0) is 32.1 Å². The molecule has 1 N–H and O–H groups in total. The van der Waals surface area contributed by atoms with E-state index in [9.17, 15) is 0 Å². The van der Waals surface area contributed by atoms with Gasteiger partial charge in [0.05, 0.1) is 12.6 Å². The van der Waals surface area contributed by atoms with Crippen molar-refractivity contribution in [2.24, 2.45) is 0 Å². The molecule has 6 fully saturated rings. The van der Waals surface area contributed by atoms with Crippen LogP contribution in [0.15, 0.2) is 0 Å². The van der Waals surface area contributed by atoms with Crippen molar-refractivity contribution in [1.82, 2.24) is 20.2 Å². The van der Waals surface area contributed by atoms with Gasteiger partial charge in [0.2, 0.25) is 0 Å². The van der Waals surface area contributed by atoms with E-state index in [4.69, 9.17) is 4.74 Å². The summed E-state index contributed by atoms with van der Waals surface area (Å²) in [7, 11) is 0. The lowest BCUT2D eigenvalue weighted by Crippen LogP contribution is -2.40. The Morgan fingerprint density at radius 1 is 0.905 bits per heavy atom. The monoisotopic (exact) mass is 290 g/mol. The largest absolute Gasteiger partial charge is 0.380 e. The highest BCUT2D eigenvalue weighted by Crippen LogP contribution is 2.46. The van der Waals surface area contributed by atoms with Gasteiger partial charge < -0.3 is 10.1 Å². The van der Waals surface area contributed by atoms with Gasteiger partial charge in [0.1, 0.15) is 0 Å². The Bertz CT molecular complexity index is 448. The van der Waals surface area contributed by atoms with Crippen LogP contribution in [0.4, 0.5) is 0 Å². The van der Waals surface area contributed by atoms with Gasteiger partial charge in [0, 0.05) is 55.9 Å². The molecule has 0 spiro atoms. The Kier molecular flexibility index (Phi) is 2.45. The maximum absolute atomic E-state index is 5.63. The fraction of sp³-hybridized carbons (Fsp3) is 1.00. The van der Waals surface area contributed by atoms with Gasteiger partial charge in [-0.1, -0.05) is 0 Å². The molecule has 0 aromatic carbocycles. The fourth-order valence-corrected chi connectivity index (χ4v) is 5.70. The van der Waals surface area contributed by atoms with Gasteiger partial charge in [-0.15, -0.1) is 0 Å². The van der Waals surface area contributed by atoms with Crippen molar-refractivity contribution in [3.05, 3.63) is 0 Å². The molecule has 6 aliphatic rings. The average molecular weight is 290 g/mol. The minimum atomic E-state index is 0.716. The molecule has 6 rings (SSSR count). The van der Waals surface area contributed by atoms with Crippen molar-refractivity contribution in [2.45, 2.75) is 74.4 Å². The first-order valence-corrected chi connectivity index (χ1v) is 9.04. The van der Waals surface area contributed by atoms with Gasteiger partial charge in [-0.3, -0.25) is 4.90 Å². The van der Waals surface area contributed by atoms with Crippen LogP contribution in [0, 0.1) is 0 Å². The van der Waals surface area contributed by atoms with E-state index in [1.165, 1.54) is 45.2 Å². The van der Waals surface area contributed by atoms with Gasteiger partial charge in [-0.2, -0.15) is 0 Å². The van der Waals surface area contributed by atoms with Crippen LogP contribution >= 0.6 is 0 Å². The van der Waals surface area contributed by atoms with E-state index < -0.39 is 0 Å². The molecule has 5 saturated heterocycles. The second kappa shape index (κ2) is 4.20. The highest BCUT2D eigenvalue weighted by Gasteiger charge is 2.60. The van der Waals surface area contributed by atoms with Gasteiger partial charge in [-0.25, -0.2) is 10.0 Å². The van der Waals surface area contributed by atoms with Crippen LogP contribution in [-0.4, -0.2) is 83.5 Å². The number of hydrazine groups is 1. The zero-order chi connectivity index (χ0) is 13.6. The Hall–Kier alpha value is -0.200. The normalized spacial score (nSPS) is 61.4. The highest BCUT2D eigenvalue weighted by molar-refractivity contribution is 5.15. The molecule has 9 atom stereocenters. The molecular formula is C16H26N4O. The average Bonchev–Trinajstić information content (AvgIpc) is 3.42.